The first-order chi connectivity index (χ1) is 10.2. The SMILES string of the molecule is CC(=O)C(c1ccccc1Cl)N1COC(c2cccs2)C1. The van der Waals surface area contributed by atoms with E-state index < -0.39 is 0 Å². The van der Waals surface area contributed by atoms with Crippen molar-refractivity contribution in [3.8, 4) is 0 Å². The monoisotopic (exact) mass is 321 g/mol. The van der Waals surface area contributed by atoms with E-state index in [0.717, 1.165) is 5.56 Å². The molecular formula is C16H16ClNO2S. The number of ether oxygens (including phenoxy) is 1. The predicted octanol–water partition coefficient (Wildman–Crippen LogP) is 4.06. The molecule has 2 heterocycles. The summed E-state index contributed by atoms with van der Waals surface area (Å²) in [6.07, 6.45) is 0.0364. The number of Topliss-reactive ketones (excluding diaryl/α,β-unsaturated/α-hetero) is 1. The maximum absolute atomic E-state index is 12.1. The Labute approximate surface area is 133 Å². The van der Waals surface area contributed by atoms with Gasteiger partial charge in [-0.3, -0.25) is 9.69 Å². The second kappa shape index (κ2) is 6.28. The number of ketones is 1. The lowest BCUT2D eigenvalue weighted by Crippen LogP contribution is -2.31. The van der Waals surface area contributed by atoms with E-state index in [1.54, 1.807) is 18.3 Å². The highest BCUT2D eigenvalue weighted by Gasteiger charge is 2.34. The van der Waals surface area contributed by atoms with Gasteiger partial charge in [-0.05, 0) is 30.0 Å². The van der Waals surface area contributed by atoms with Crippen molar-refractivity contribution in [1.29, 1.82) is 0 Å². The predicted molar refractivity (Wildman–Crippen MR) is 84.6 cm³/mol. The zero-order valence-corrected chi connectivity index (χ0v) is 13.2. The first-order valence-electron chi connectivity index (χ1n) is 6.80. The molecule has 2 unspecified atom stereocenters. The minimum absolute atomic E-state index is 0.0364. The molecule has 0 bridgehead atoms. The maximum Gasteiger partial charge on any atom is 0.151 e. The number of thiophene rings is 1. The number of carbonyl (C=O) groups excluding carboxylic acids is 1. The Kier molecular flexibility index (Phi) is 4.40. The molecule has 0 saturated carbocycles. The van der Waals surface area contributed by atoms with Crippen molar-refractivity contribution in [1.82, 2.24) is 4.90 Å². The van der Waals surface area contributed by atoms with E-state index in [1.165, 1.54) is 4.88 Å². The molecule has 3 rings (SSSR count). The summed E-state index contributed by atoms with van der Waals surface area (Å²) in [4.78, 5) is 15.4. The third-order valence-electron chi connectivity index (χ3n) is 3.65. The topological polar surface area (TPSA) is 29.5 Å². The largest absolute Gasteiger partial charge is 0.356 e. The third-order valence-corrected chi connectivity index (χ3v) is 4.96. The van der Waals surface area contributed by atoms with Crippen LogP contribution < -0.4 is 0 Å². The van der Waals surface area contributed by atoms with Gasteiger partial charge in [-0.2, -0.15) is 0 Å². The van der Waals surface area contributed by atoms with Gasteiger partial charge in [0.05, 0.1) is 6.04 Å². The molecule has 1 aromatic heterocycles. The molecule has 0 N–H and O–H groups in total. The van der Waals surface area contributed by atoms with Gasteiger partial charge in [0.15, 0.2) is 5.78 Å². The zero-order chi connectivity index (χ0) is 14.8. The molecule has 0 aliphatic carbocycles. The quantitative estimate of drug-likeness (QED) is 0.850. The van der Waals surface area contributed by atoms with Gasteiger partial charge in [-0.15, -0.1) is 11.3 Å². The smallest absolute Gasteiger partial charge is 0.151 e. The van der Waals surface area contributed by atoms with Gasteiger partial charge in [0, 0.05) is 16.4 Å². The molecule has 21 heavy (non-hydrogen) atoms. The molecule has 2 aromatic rings. The fourth-order valence-corrected chi connectivity index (χ4v) is 3.71. The van der Waals surface area contributed by atoms with Gasteiger partial charge < -0.3 is 4.74 Å². The number of hydrogen-bond donors (Lipinski definition) is 0. The van der Waals surface area contributed by atoms with Crippen molar-refractivity contribution in [3.63, 3.8) is 0 Å². The molecule has 2 atom stereocenters. The van der Waals surface area contributed by atoms with Gasteiger partial charge in [0.2, 0.25) is 0 Å². The second-order valence-corrected chi connectivity index (χ2v) is 6.49. The van der Waals surface area contributed by atoms with E-state index in [9.17, 15) is 4.79 Å². The summed E-state index contributed by atoms with van der Waals surface area (Å²) in [5, 5.41) is 2.66. The number of rotatable bonds is 4. The highest BCUT2D eigenvalue weighted by atomic mass is 35.5. The van der Waals surface area contributed by atoms with Gasteiger partial charge in [-0.25, -0.2) is 0 Å². The summed E-state index contributed by atoms with van der Waals surface area (Å²) in [7, 11) is 0. The highest BCUT2D eigenvalue weighted by molar-refractivity contribution is 7.10. The van der Waals surface area contributed by atoms with E-state index >= 15 is 0 Å². The van der Waals surface area contributed by atoms with E-state index in [1.807, 2.05) is 40.6 Å². The number of benzene rings is 1. The summed E-state index contributed by atoms with van der Waals surface area (Å²) in [6, 6.07) is 11.2. The van der Waals surface area contributed by atoms with Crippen LogP contribution in [0.1, 0.15) is 29.5 Å². The van der Waals surface area contributed by atoms with Crippen LogP contribution in [-0.4, -0.2) is 24.0 Å². The van der Waals surface area contributed by atoms with Crippen LogP contribution in [0.5, 0.6) is 0 Å². The summed E-state index contributed by atoms with van der Waals surface area (Å²) in [5.41, 5.74) is 0.849. The molecule has 1 fully saturated rings. The average molecular weight is 322 g/mol. The van der Waals surface area contributed by atoms with Crippen molar-refractivity contribution in [2.75, 3.05) is 13.3 Å². The first-order valence-corrected chi connectivity index (χ1v) is 8.06. The summed E-state index contributed by atoms with van der Waals surface area (Å²) in [5.74, 6) is 0.0820. The Balaban J connectivity index is 1.83. The molecule has 1 aliphatic heterocycles. The Morgan fingerprint density at radius 2 is 2.19 bits per heavy atom. The van der Waals surface area contributed by atoms with Gasteiger partial charge >= 0.3 is 0 Å². The molecule has 5 heteroatoms. The molecule has 1 saturated heterocycles. The molecule has 1 aliphatic rings. The fourth-order valence-electron chi connectivity index (χ4n) is 2.70. The minimum atomic E-state index is -0.344. The average Bonchev–Trinajstić information content (AvgIpc) is 3.11. The van der Waals surface area contributed by atoms with Crippen LogP contribution in [0.3, 0.4) is 0 Å². The Hall–Kier alpha value is -1.20. The van der Waals surface area contributed by atoms with E-state index in [0.29, 0.717) is 18.3 Å². The molecule has 0 spiro atoms. The standard InChI is InChI=1S/C16H16ClNO2S/c1-11(19)16(12-5-2-3-6-13(12)17)18-9-14(20-10-18)15-7-4-8-21-15/h2-8,14,16H,9-10H2,1H3. The maximum atomic E-state index is 12.1. The number of carbonyl (C=O) groups is 1. The molecular weight excluding hydrogens is 306 g/mol. The second-order valence-electron chi connectivity index (χ2n) is 5.11. The van der Waals surface area contributed by atoms with Crippen molar-refractivity contribution >= 4 is 28.7 Å². The van der Waals surface area contributed by atoms with Crippen molar-refractivity contribution in [2.24, 2.45) is 0 Å². The van der Waals surface area contributed by atoms with Crippen molar-refractivity contribution < 1.29 is 9.53 Å². The Bertz CT molecular complexity index is 629. The fraction of sp³-hybridized carbons (Fsp3) is 0.312. The summed E-state index contributed by atoms with van der Waals surface area (Å²) >= 11 is 7.94. The molecule has 0 amide bonds. The lowest BCUT2D eigenvalue weighted by Gasteiger charge is -2.25. The normalized spacial score (nSPS) is 20.6. The molecule has 0 radical (unpaired) electrons. The van der Waals surface area contributed by atoms with Crippen LogP contribution in [0, 0.1) is 0 Å². The summed E-state index contributed by atoms with van der Waals surface area (Å²) in [6.45, 7) is 2.75. The number of hydrogen-bond acceptors (Lipinski definition) is 4. The Morgan fingerprint density at radius 3 is 2.86 bits per heavy atom. The van der Waals surface area contributed by atoms with Crippen LogP contribution >= 0.6 is 22.9 Å². The first kappa shape index (κ1) is 14.7. The molecule has 1 aromatic carbocycles. The Morgan fingerprint density at radius 1 is 1.38 bits per heavy atom. The van der Waals surface area contributed by atoms with Crippen molar-refractivity contribution in [3.05, 3.63) is 57.2 Å². The van der Waals surface area contributed by atoms with E-state index in [-0.39, 0.29) is 17.9 Å². The van der Waals surface area contributed by atoms with Crippen molar-refractivity contribution in [2.45, 2.75) is 19.1 Å². The van der Waals surface area contributed by atoms with Gasteiger partial charge in [0.25, 0.3) is 0 Å². The van der Waals surface area contributed by atoms with Gasteiger partial charge in [0.1, 0.15) is 12.8 Å². The van der Waals surface area contributed by atoms with E-state index in [2.05, 4.69) is 6.07 Å². The lowest BCUT2D eigenvalue weighted by molar-refractivity contribution is -0.122. The third kappa shape index (κ3) is 3.04. The van der Waals surface area contributed by atoms with Crippen LogP contribution in [0.4, 0.5) is 0 Å². The molecule has 3 nitrogen and oxygen atoms in total. The number of nitrogens with zero attached hydrogens (tertiary/aromatic N) is 1. The number of halogens is 1. The van der Waals surface area contributed by atoms with Crippen LogP contribution in [0.15, 0.2) is 41.8 Å². The highest BCUT2D eigenvalue weighted by Crippen LogP contribution is 2.35. The van der Waals surface area contributed by atoms with Crippen LogP contribution in [0.2, 0.25) is 5.02 Å². The van der Waals surface area contributed by atoms with E-state index in [4.69, 9.17) is 16.3 Å². The zero-order valence-electron chi connectivity index (χ0n) is 11.7. The lowest BCUT2D eigenvalue weighted by atomic mass is 10.0. The van der Waals surface area contributed by atoms with Gasteiger partial charge in [-0.1, -0.05) is 35.9 Å². The van der Waals surface area contributed by atoms with Crippen LogP contribution in [0.25, 0.3) is 0 Å². The van der Waals surface area contributed by atoms with Crippen LogP contribution in [-0.2, 0) is 9.53 Å². The summed E-state index contributed by atoms with van der Waals surface area (Å²) < 4.78 is 5.84. The minimum Gasteiger partial charge on any atom is -0.356 e. The molecule has 110 valence electrons.